The fourth-order valence-electron chi connectivity index (χ4n) is 4.17. The molecule has 2 N–H and O–H groups in total. The van der Waals surface area contributed by atoms with Gasteiger partial charge in [0.15, 0.2) is 6.10 Å². The number of aliphatic hydroxyl groups is 1. The van der Waals surface area contributed by atoms with E-state index in [4.69, 9.17) is 14.2 Å². The van der Waals surface area contributed by atoms with Crippen molar-refractivity contribution in [3.05, 3.63) is 59.7 Å². The number of aliphatic hydroxyl groups excluding tert-OH is 1. The normalized spacial score (nSPS) is 23.4. The van der Waals surface area contributed by atoms with E-state index in [-0.39, 0.29) is 31.3 Å². The van der Waals surface area contributed by atoms with Gasteiger partial charge in [0, 0.05) is 24.1 Å². The number of rotatable bonds is 7. The number of nitrogens with one attached hydrogen (secondary N) is 1. The van der Waals surface area contributed by atoms with Crippen LogP contribution < -0.4 is 14.4 Å². The Morgan fingerprint density at radius 3 is 2.49 bits per heavy atom. The highest BCUT2D eigenvalue weighted by Crippen LogP contribution is 2.39. The molecule has 11 heteroatoms. The van der Waals surface area contributed by atoms with Crippen molar-refractivity contribution in [1.82, 2.24) is 4.72 Å². The monoisotopic (exact) mass is 528 g/mol. The summed E-state index contributed by atoms with van der Waals surface area (Å²) in [6, 6.07) is 14.3. The molecule has 2 aromatic rings. The molecular formula is C26H28N2O8S. The molecule has 2 aromatic carbocycles. The van der Waals surface area contributed by atoms with Gasteiger partial charge in [-0.25, -0.2) is 17.9 Å². The van der Waals surface area contributed by atoms with Crippen molar-refractivity contribution < 1.29 is 37.3 Å². The molecule has 37 heavy (non-hydrogen) atoms. The average Bonchev–Trinajstić information content (AvgIpc) is 2.85. The minimum absolute atomic E-state index is 0.0000385. The van der Waals surface area contributed by atoms with Crippen LogP contribution >= 0.6 is 0 Å². The third-order valence-corrected chi connectivity index (χ3v) is 6.68. The van der Waals surface area contributed by atoms with Crippen LogP contribution in [0.5, 0.6) is 5.75 Å². The van der Waals surface area contributed by atoms with Gasteiger partial charge in [-0.3, -0.25) is 4.79 Å². The number of benzene rings is 2. The summed E-state index contributed by atoms with van der Waals surface area (Å²) in [6.45, 7) is 0.0201. The average molecular weight is 529 g/mol. The minimum Gasteiger partial charge on any atom is -0.467 e. The van der Waals surface area contributed by atoms with Gasteiger partial charge in [0.25, 0.3) is 0 Å². The van der Waals surface area contributed by atoms with Gasteiger partial charge < -0.3 is 24.2 Å². The van der Waals surface area contributed by atoms with Crippen LogP contribution in [-0.2, 0) is 29.1 Å². The van der Waals surface area contributed by atoms with Crippen LogP contribution in [0.15, 0.2) is 48.5 Å². The molecule has 0 aromatic heterocycles. The Hall–Kier alpha value is -3.43. The first-order valence-electron chi connectivity index (χ1n) is 11.7. The topological polar surface area (TPSA) is 131 Å². The number of methoxy groups -OCH3 is 1. The zero-order valence-corrected chi connectivity index (χ0v) is 21.2. The SMILES string of the molecule is COC(=O)C1C[C@H](O)CC(Oc2ccc([C@@H]3CC(=O)N3c3ccc(C#CCNS(C)(=O)=O)cc3)cc2)O1. The fourth-order valence-corrected chi connectivity index (χ4v) is 4.50. The van der Waals surface area contributed by atoms with E-state index < -0.39 is 34.5 Å². The summed E-state index contributed by atoms with van der Waals surface area (Å²) in [5.74, 6) is 5.59. The van der Waals surface area contributed by atoms with E-state index in [9.17, 15) is 23.1 Å². The lowest BCUT2D eigenvalue weighted by atomic mass is 9.93. The fraction of sp³-hybridized carbons (Fsp3) is 0.385. The lowest BCUT2D eigenvalue weighted by molar-refractivity contribution is -0.197. The molecule has 2 unspecified atom stereocenters. The van der Waals surface area contributed by atoms with Gasteiger partial charge in [0.2, 0.25) is 22.2 Å². The molecule has 1 amide bonds. The molecule has 4 rings (SSSR count). The van der Waals surface area contributed by atoms with Gasteiger partial charge in [0.1, 0.15) is 5.75 Å². The van der Waals surface area contributed by atoms with Crippen molar-refractivity contribution >= 4 is 27.6 Å². The Morgan fingerprint density at radius 1 is 1.16 bits per heavy atom. The van der Waals surface area contributed by atoms with Crippen molar-refractivity contribution in [2.24, 2.45) is 0 Å². The van der Waals surface area contributed by atoms with Crippen LogP contribution in [-0.4, -0.2) is 63.8 Å². The lowest BCUT2D eigenvalue weighted by Gasteiger charge is -2.41. The highest BCUT2D eigenvalue weighted by atomic mass is 32.2. The molecule has 0 saturated carbocycles. The zero-order chi connectivity index (χ0) is 26.6. The lowest BCUT2D eigenvalue weighted by Crippen LogP contribution is -2.46. The maximum absolute atomic E-state index is 12.4. The van der Waals surface area contributed by atoms with Crippen LogP contribution in [0.3, 0.4) is 0 Å². The highest BCUT2D eigenvalue weighted by molar-refractivity contribution is 7.88. The molecule has 0 aliphatic carbocycles. The molecule has 4 atom stereocenters. The number of nitrogens with zero attached hydrogens (tertiary/aromatic N) is 1. The van der Waals surface area contributed by atoms with Crippen molar-refractivity contribution in [2.75, 3.05) is 24.8 Å². The molecule has 196 valence electrons. The standard InChI is InChI=1S/C26H28N2O8S/c1-34-26(31)23-14-20(29)15-25(36-23)35-21-11-7-18(8-12-21)22-16-24(30)28(22)19-9-5-17(6-10-19)4-3-13-27-37(2,32)33/h5-12,20,22-23,25,27,29H,13-16H2,1-2H3/t20-,22-,23?,25?/m0/s1. The first-order chi connectivity index (χ1) is 17.6. The van der Waals surface area contributed by atoms with Crippen LogP contribution in [0, 0.1) is 11.8 Å². The van der Waals surface area contributed by atoms with Gasteiger partial charge >= 0.3 is 5.97 Å². The number of hydrogen-bond donors (Lipinski definition) is 2. The van der Waals surface area contributed by atoms with E-state index in [1.54, 1.807) is 41.3 Å². The zero-order valence-electron chi connectivity index (χ0n) is 20.4. The quantitative estimate of drug-likeness (QED) is 0.314. The molecule has 0 spiro atoms. The predicted molar refractivity (Wildman–Crippen MR) is 134 cm³/mol. The summed E-state index contributed by atoms with van der Waals surface area (Å²) in [5, 5.41) is 10.1. The number of carbonyl (C=O) groups is 2. The van der Waals surface area contributed by atoms with Crippen molar-refractivity contribution in [1.29, 1.82) is 0 Å². The molecule has 2 saturated heterocycles. The Balaban J connectivity index is 1.37. The third kappa shape index (κ3) is 6.87. The summed E-state index contributed by atoms with van der Waals surface area (Å²) in [6.07, 6.45) is -0.573. The first-order valence-corrected chi connectivity index (χ1v) is 13.6. The summed E-state index contributed by atoms with van der Waals surface area (Å²) in [5.41, 5.74) is 2.37. The summed E-state index contributed by atoms with van der Waals surface area (Å²) in [7, 11) is -2.02. The van der Waals surface area contributed by atoms with Crippen molar-refractivity contribution in [2.45, 2.75) is 43.8 Å². The number of β-lactam (4-membered cyclic amide) rings is 1. The predicted octanol–water partition coefficient (Wildman–Crippen LogP) is 1.48. The van der Waals surface area contributed by atoms with E-state index in [2.05, 4.69) is 16.6 Å². The van der Waals surface area contributed by atoms with E-state index in [1.807, 2.05) is 12.1 Å². The molecule has 10 nitrogen and oxygen atoms in total. The van der Waals surface area contributed by atoms with Gasteiger partial charge in [-0.15, -0.1) is 0 Å². The summed E-state index contributed by atoms with van der Waals surface area (Å²) >= 11 is 0. The maximum Gasteiger partial charge on any atom is 0.335 e. The van der Waals surface area contributed by atoms with E-state index in [0.29, 0.717) is 17.7 Å². The second-order valence-corrected chi connectivity index (χ2v) is 10.6. The molecule has 2 aliphatic heterocycles. The van der Waals surface area contributed by atoms with Crippen LogP contribution in [0.4, 0.5) is 5.69 Å². The summed E-state index contributed by atoms with van der Waals surface area (Å²) in [4.78, 5) is 25.9. The number of esters is 1. The van der Waals surface area contributed by atoms with Gasteiger partial charge in [-0.05, 0) is 42.0 Å². The molecule has 2 heterocycles. The first kappa shape index (κ1) is 26.6. The molecular weight excluding hydrogens is 500 g/mol. The number of ether oxygens (including phenoxy) is 3. The van der Waals surface area contributed by atoms with Gasteiger partial charge in [-0.2, -0.15) is 0 Å². The van der Waals surface area contributed by atoms with Crippen molar-refractivity contribution in [3.8, 4) is 17.6 Å². The van der Waals surface area contributed by atoms with Gasteiger partial charge in [-0.1, -0.05) is 24.0 Å². The van der Waals surface area contributed by atoms with E-state index in [1.165, 1.54) is 7.11 Å². The molecule has 0 radical (unpaired) electrons. The van der Waals surface area contributed by atoms with Crippen molar-refractivity contribution in [3.63, 3.8) is 0 Å². The number of sulfonamides is 1. The second-order valence-electron chi connectivity index (χ2n) is 8.82. The maximum atomic E-state index is 12.4. The highest BCUT2D eigenvalue weighted by Gasteiger charge is 2.38. The number of anilines is 1. The van der Waals surface area contributed by atoms with E-state index >= 15 is 0 Å². The molecule has 2 fully saturated rings. The molecule has 2 aliphatic rings. The van der Waals surface area contributed by atoms with Crippen LogP contribution in [0.1, 0.15) is 36.4 Å². The number of carbonyl (C=O) groups excluding carboxylic acids is 2. The molecule has 0 bridgehead atoms. The van der Waals surface area contributed by atoms with E-state index in [0.717, 1.165) is 17.5 Å². The Labute approximate surface area is 215 Å². The Morgan fingerprint density at radius 2 is 1.86 bits per heavy atom. The Bertz CT molecular complexity index is 1300. The largest absolute Gasteiger partial charge is 0.467 e. The summed E-state index contributed by atoms with van der Waals surface area (Å²) < 4.78 is 40.6. The van der Waals surface area contributed by atoms with Gasteiger partial charge in [0.05, 0.1) is 38.5 Å². The Kier molecular flexibility index (Phi) is 8.14. The van der Waals surface area contributed by atoms with Crippen LogP contribution in [0.25, 0.3) is 0 Å². The smallest absolute Gasteiger partial charge is 0.335 e. The second kappa shape index (κ2) is 11.3. The minimum atomic E-state index is -3.29. The number of amides is 1. The number of hydrogen-bond acceptors (Lipinski definition) is 8. The third-order valence-electron chi connectivity index (χ3n) is 6.01. The van der Waals surface area contributed by atoms with Crippen LogP contribution in [0.2, 0.25) is 0 Å².